The van der Waals surface area contributed by atoms with E-state index < -0.39 is 4.92 Å². The highest BCUT2D eigenvalue weighted by Gasteiger charge is 2.20. The smallest absolute Gasteiger partial charge is 0.270 e. The first-order valence-electron chi connectivity index (χ1n) is 8.36. The summed E-state index contributed by atoms with van der Waals surface area (Å²) in [5.74, 6) is -0.357. The lowest BCUT2D eigenvalue weighted by Gasteiger charge is -2.01. The molecule has 0 saturated heterocycles. The van der Waals surface area contributed by atoms with Crippen molar-refractivity contribution in [3.8, 4) is 6.07 Å². The molecule has 1 aliphatic rings. The van der Waals surface area contributed by atoms with E-state index in [0.29, 0.717) is 16.1 Å². The Balaban J connectivity index is 1.75. The van der Waals surface area contributed by atoms with Gasteiger partial charge in [-0.15, -0.1) is 11.3 Å². The molecule has 7 heteroatoms. The number of hydrogen-bond donors (Lipinski definition) is 1. The zero-order chi connectivity index (χ0) is 18.5. The largest absolute Gasteiger partial charge is 0.313 e. The maximum absolute atomic E-state index is 12.2. The highest BCUT2D eigenvalue weighted by molar-refractivity contribution is 7.16. The van der Waals surface area contributed by atoms with Crippen molar-refractivity contribution in [2.45, 2.75) is 32.1 Å². The van der Waals surface area contributed by atoms with Crippen LogP contribution in [0.15, 0.2) is 30.3 Å². The number of benzene rings is 1. The van der Waals surface area contributed by atoms with Gasteiger partial charge in [-0.1, -0.05) is 18.6 Å². The number of carbonyl (C=O) groups is 1. The van der Waals surface area contributed by atoms with Gasteiger partial charge in [-0.3, -0.25) is 14.9 Å². The Morgan fingerprint density at radius 3 is 2.88 bits per heavy atom. The summed E-state index contributed by atoms with van der Waals surface area (Å²) >= 11 is 1.48. The van der Waals surface area contributed by atoms with Crippen molar-refractivity contribution in [1.82, 2.24) is 0 Å². The van der Waals surface area contributed by atoms with E-state index >= 15 is 0 Å². The number of carbonyl (C=O) groups excluding carboxylic acids is 1. The monoisotopic (exact) mass is 367 g/mol. The van der Waals surface area contributed by atoms with E-state index in [4.69, 9.17) is 0 Å². The van der Waals surface area contributed by atoms with Gasteiger partial charge in [-0.05, 0) is 42.9 Å². The van der Waals surface area contributed by atoms with E-state index in [1.54, 1.807) is 12.1 Å². The first-order chi connectivity index (χ1) is 12.6. The van der Waals surface area contributed by atoms with Gasteiger partial charge in [-0.2, -0.15) is 5.26 Å². The summed E-state index contributed by atoms with van der Waals surface area (Å²) in [6, 6.07) is 8.28. The summed E-state index contributed by atoms with van der Waals surface area (Å²) in [4.78, 5) is 23.7. The van der Waals surface area contributed by atoms with Gasteiger partial charge in [0, 0.05) is 23.1 Å². The van der Waals surface area contributed by atoms with Crippen molar-refractivity contribution in [3.63, 3.8) is 0 Å². The normalized spacial score (nSPS) is 13.7. The predicted molar refractivity (Wildman–Crippen MR) is 101 cm³/mol. The van der Waals surface area contributed by atoms with Crippen molar-refractivity contribution >= 4 is 34.0 Å². The lowest BCUT2D eigenvalue weighted by Crippen LogP contribution is -2.07. The number of hydrogen-bond acceptors (Lipinski definition) is 5. The molecule has 1 amide bonds. The van der Waals surface area contributed by atoms with Crippen molar-refractivity contribution in [2.24, 2.45) is 0 Å². The number of nitrogens with zero attached hydrogens (tertiary/aromatic N) is 2. The minimum atomic E-state index is -0.477. The Bertz CT molecular complexity index is 925. The Morgan fingerprint density at radius 2 is 2.12 bits per heavy atom. The second-order valence-corrected chi connectivity index (χ2v) is 7.16. The van der Waals surface area contributed by atoms with E-state index in [9.17, 15) is 20.2 Å². The summed E-state index contributed by atoms with van der Waals surface area (Å²) in [5.41, 5.74) is 2.19. The molecule has 0 saturated carbocycles. The molecule has 132 valence electrons. The second-order valence-electron chi connectivity index (χ2n) is 6.06. The van der Waals surface area contributed by atoms with Crippen LogP contribution in [0.25, 0.3) is 6.08 Å². The van der Waals surface area contributed by atoms with Crippen LogP contribution < -0.4 is 5.32 Å². The second kappa shape index (κ2) is 7.93. The zero-order valence-corrected chi connectivity index (χ0v) is 14.8. The van der Waals surface area contributed by atoms with E-state index in [0.717, 1.165) is 31.2 Å². The van der Waals surface area contributed by atoms with Crippen LogP contribution in [-0.2, 0) is 17.6 Å². The van der Waals surface area contributed by atoms with Crippen LogP contribution in [0.4, 0.5) is 10.7 Å². The number of rotatable bonds is 4. The molecular formula is C19H17N3O3S. The summed E-state index contributed by atoms with van der Waals surface area (Å²) in [6.07, 6.45) is 8.02. The minimum absolute atomic E-state index is 0.0266. The zero-order valence-electron chi connectivity index (χ0n) is 14.0. The number of nitrogens with one attached hydrogen (secondary N) is 1. The molecule has 0 fully saturated rings. The van der Waals surface area contributed by atoms with Crippen LogP contribution in [0.5, 0.6) is 0 Å². The number of amides is 1. The maximum atomic E-state index is 12.2. The van der Waals surface area contributed by atoms with Crippen LogP contribution in [0, 0.1) is 21.4 Å². The van der Waals surface area contributed by atoms with E-state index in [1.807, 2.05) is 0 Å². The van der Waals surface area contributed by atoms with Crippen LogP contribution in [-0.4, -0.2) is 10.8 Å². The van der Waals surface area contributed by atoms with Gasteiger partial charge in [-0.25, -0.2) is 0 Å². The summed E-state index contributed by atoms with van der Waals surface area (Å²) in [5, 5.41) is 23.7. The number of non-ortho nitro benzene ring substituents is 1. The molecule has 0 bridgehead atoms. The predicted octanol–water partition coefficient (Wildman–Crippen LogP) is 4.45. The van der Waals surface area contributed by atoms with E-state index in [2.05, 4.69) is 11.4 Å². The van der Waals surface area contributed by atoms with E-state index in [-0.39, 0.29) is 11.6 Å². The average molecular weight is 367 g/mol. The average Bonchev–Trinajstić information content (AvgIpc) is 2.79. The number of nitro benzene ring substituents is 1. The molecule has 1 aromatic heterocycles. The van der Waals surface area contributed by atoms with Gasteiger partial charge in [0.1, 0.15) is 11.1 Å². The molecule has 1 N–H and O–H groups in total. The van der Waals surface area contributed by atoms with Crippen molar-refractivity contribution in [3.05, 3.63) is 62.0 Å². The van der Waals surface area contributed by atoms with Crippen LogP contribution in [0.3, 0.4) is 0 Å². The molecule has 0 radical (unpaired) electrons. The first-order valence-corrected chi connectivity index (χ1v) is 9.18. The number of nitriles is 1. The molecule has 0 aliphatic heterocycles. The fraction of sp³-hybridized carbons (Fsp3) is 0.263. The Labute approximate surface area is 154 Å². The lowest BCUT2D eigenvalue weighted by molar-refractivity contribution is -0.384. The standard InChI is InChI=1S/C19H17N3O3S/c20-12-16-15-7-2-1-3-8-17(15)26-19(16)21-18(23)10-9-13-5-4-6-14(11-13)22(24)25/h4-6,9-11H,1-3,7-8H2,(H,21,23). The summed E-state index contributed by atoms with van der Waals surface area (Å²) < 4.78 is 0. The van der Waals surface area contributed by atoms with Crippen LogP contribution >= 0.6 is 11.3 Å². The third-order valence-corrected chi connectivity index (χ3v) is 5.49. The fourth-order valence-electron chi connectivity index (χ4n) is 3.02. The van der Waals surface area contributed by atoms with Crippen LogP contribution in [0.2, 0.25) is 0 Å². The topological polar surface area (TPSA) is 96.0 Å². The van der Waals surface area contributed by atoms with Gasteiger partial charge < -0.3 is 5.32 Å². The third-order valence-electron chi connectivity index (χ3n) is 4.28. The van der Waals surface area contributed by atoms with Gasteiger partial charge in [0.2, 0.25) is 5.91 Å². The lowest BCUT2D eigenvalue weighted by atomic mass is 10.1. The fourth-order valence-corrected chi connectivity index (χ4v) is 4.26. The van der Waals surface area contributed by atoms with Gasteiger partial charge in [0.25, 0.3) is 5.69 Å². The van der Waals surface area contributed by atoms with Gasteiger partial charge in [0.15, 0.2) is 0 Å². The molecule has 0 unspecified atom stereocenters. The molecule has 3 rings (SSSR count). The summed E-state index contributed by atoms with van der Waals surface area (Å²) in [7, 11) is 0. The molecule has 2 aromatic rings. The Kier molecular flexibility index (Phi) is 5.44. The molecular weight excluding hydrogens is 350 g/mol. The van der Waals surface area contributed by atoms with Gasteiger partial charge >= 0.3 is 0 Å². The SMILES string of the molecule is N#Cc1c(NC(=O)C=Cc2cccc([N+](=O)[O-])c2)sc2c1CCCCC2. The third kappa shape index (κ3) is 3.98. The minimum Gasteiger partial charge on any atom is -0.313 e. The number of aryl methyl sites for hydroxylation is 1. The van der Waals surface area contributed by atoms with Crippen molar-refractivity contribution < 1.29 is 9.72 Å². The van der Waals surface area contributed by atoms with Crippen molar-refractivity contribution in [2.75, 3.05) is 5.32 Å². The highest BCUT2D eigenvalue weighted by atomic mass is 32.1. The Hall–Kier alpha value is -2.98. The van der Waals surface area contributed by atoms with Gasteiger partial charge in [0.05, 0.1) is 10.5 Å². The number of thiophene rings is 1. The molecule has 1 aromatic carbocycles. The summed E-state index contributed by atoms with van der Waals surface area (Å²) in [6.45, 7) is 0. The number of fused-ring (bicyclic) bond motifs is 1. The quantitative estimate of drug-likeness (QED) is 0.374. The Morgan fingerprint density at radius 1 is 1.31 bits per heavy atom. The highest BCUT2D eigenvalue weighted by Crippen LogP contribution is 2.36. The molecule has 1 aliphatic carbocycles. The molecule has 1 heterocycles. The molecule has 0 spiro atoms. The number of nitro groups is 1. The van der Waals surface area contributed by atoms with E-state index in [1.165, 1.54) is 46.9 Å². The maximum Gasteiger partial charge on any atom is 0.270 e. The molecule has 26 heavy (non-hydrogen) atoms. The molecule has 0 atom stereocenters. The number of anilines is 1. The van der Waals surface area contributed by atoms with Crippen molar-refractivity contribution in [1.29, 1.82) is 5.26 Å². The van der Waals surface area contributed by atoms with Crippen LogP contribution in [0.1, 0.15) is 40.8 Å². The first kappa shape index (κ1) is 17.8. The molecule has 6 nitrogen and oxygen atoms in total.